The summed E-state index contributed by atoms with van der Waals surface area (Å²) in [5.74, 6) is 0.874. The Balaban J connectivity index is 1.35. The van der Waals surface area contributed by atoms with Gasteiger partial charge in [0, 0.05) is 22.7 Å². The first kappa shape index (κ1) is 25.3. The van der Waals surface area contributed by atoms with Crippen molar-refractivity contribution < 1.29 is 19.4 Å². The summed E-state index contributed by atoms with van der Waals surface area (Å²) in [7, 11) is 1.49. The Hall–Kier alpha value is -3.33. The first-order chi connectivity index (χ1) is 18.0. The SMILES string of the molecule is CNC(=O)[C@H]1O[C@@H](n2cnc3c(NCc4cc(I)ccc4OCc4ccccc4)ncnc32)[C@H](O)[C@@H]1N. The summed E-state index contributed by atoms with van der Waals surface area (Å²) in [6.45, 7) is 0.894. The summed E-state index contributed by atoms with van der Waals surface area (Å²) in [4.78, 5) is 25.3. The van der Waals surface area contributed by atoms with E-state index in [4.69, 9.17) is 15.2 Å². The second-order valence-electron chi connectivity index (χ2n) is 8.56. The maximum Gasteiger partial charge on any atom is 0.250 e. The molecule has 0 spiro atoms. The molecule has 3 heterocycles. The van der Waals surface area contributed by atoms with Crippen LogP contribution in [0.15, 0.2) is 61.2 Å². The summed E-state index contributed by atoms with van der Waals surface area (Å²) in [6.07, 6.45) is -0.128. The second kappa shape index (κ2) is 11.0. The number of nitrogens with zero attached hydrogens (tertiary/aromatic N) is 4. The lowest BCUT2D eigenvalue weighted by Crippen LogP contribution is -2.46. The zero-order chi connectivity index (χ0) is 25.9. The van der Waals surface area contributed by atoms with Crippen LogP contribution < -0.4 is 21.1 Å². The highest BCUT2D eigenvalue weighted by atomic mass is 127. The third-order valence-corrected chi connectivity index (χ3v) is 6.84. The smallest absolute Gasteiger partial charge is 0.250 e. The van der Waals surface area contributed by atoms with Crippen molar-refractivity contribution in [1.82, 2.24) is 24.8 Å². The van der Waals surface area contributed by atoms with Crippen LogP contribution in [0.4, 0.5) is 5.82 Å². The molecule has 4 atom stereocenters. The number of hydrogen-bond donors (Lipinski definition) is 4. The van der Waals surface area contributed by atoms with E-state index in [2.05, 4.69) is 48.2 Å². The van der Waals surface area contributed by atoms with Gasteiger partial charge in [-0.2, -0.15) is 0 Å². The molecule has 0 radical (unpaired) electrons. The van der Waals surface area contributed by atoms with Gasteiger partial charge in [-0.15, -0.1) is 0 Å². The molecule has 2 aromatic carbocycles. The van der Waals surface area contributed by atoms with E-state index in [1.807, 2.05) is 48.5 Å². The number of hydrogen-bond acceptors (Lipinski definition) is 9. The third-order valence-electron chi connectivity index (χ3n) is 6.17. The summed E-state index contributed by atoms with van der Waals surface area (Å²) < 4.78 is 14.5. The Morgan fingerprint density at radius 1 is 1.22 bits per heavy atom. The molecule has 0 bridgehead atoms. The number of amides is 1. The number of anilines is 1. The molecule has 1 aliphatic heterocycles. The average Bonchev–Trinajstić information content (AvgIpc) is 3.48. The van der Waals surface area contributed by atoms with Gasteiger partial charge in [0.05, 0.1) is 12.4 Å². The van der Waals surface area contributed by atoms with E-state index < -0.39 is 30.4 Å². The largest absolute Gasteiger partial charge is 0.489 e. The number of benzene rings is 2. The van der Waals surface area contributed by atoms with E-state index in [0.29, 0.717) is 30.1 Å². The number of halogens is 1. The molecule has 5 rings (SSSR count). The lowest BCUT2D eigenvalue weighted by atomic mass is 10.1. The average molecular weight is 615 g/mol. The molecule has 2 aromatic heterocycles. The number of aromatic nitrogens is 4. The lowest BCUT2D eigenvalue weighted by molar-refractivity contribution is -0.134. The number of aliphatic hydroxyl groups is 1. The van der Waals surface area contributed by atoms with Gasteiger partial charge in [-0.3, -0.25) is 9.36 Å². The van der Waals surface area contributed by atoms with Crippen LogP contribution in [0, 0.1) is 3.57 Å². The minimum absolute atomic E-state index is 0.404. The van der Waals surface area contributed by atoms with E-state index in [-0.39, 0.29) is 0 Å². The highest BCUT2D eigenvalue weighted by molar-refractivity contribution is 14.1. The van der Waals surface area contributed by atoms with E-state index in [0.717, 1.165) is 20.4 Å². The van der Waals surface area contributed by atoms with Gasteiger partial charge in [0.1, 0.15) is 24.8 Å². The Labute approximate surface area is 226 Å². The molecule has 12 heteroatoms. The molecule has 0 unspecified atom stereocenters. The zero-order valence-electron chi connectivity index (χ0n) is 19.9. The number of carbonyl (C=O) groups is 1. The molecule has 4 aromatic rings. The number of nitrogens with one attached hydrogen (secondary N) is 2. The molecule has 1 amide bonds. The van der Waals surface area contributed by atoms with Gasteiger partial charge in [-0.25, -0.2) is 15.0 Å². The number of aliphatic hydroxyl groups excluding tert-OH is 1. The fourth-order valence-electron chi connectivity index (χ4n) is 4.21. The van der Waals surface area contributed by atoms with Gasteiger partial charge in [-0.05, 0) is 46.4 Å². The Morgan fingerprint density at radius 3 is 2.81 bits per heavy atom. The Bertz CT molecular complexity index is 1400. The third kappa shape index (κ3) is 5.23. The number of rotatable bonds is 8. The van der Waals surface area contributed by atoms with Gasteiger partial charge in [-0.1, -0.05) is 30.3 Å². The van der Waals surface area contributed by atoms with Crippen molar-refractivity contribution in [3.8, 4) is 5.75 Å². The molecule has 1 fully saturated rings. The number of fused-ring (bicyclic) bond motifs is 1. The number of likely N-dealkylation sites (N-methyl/N-ethyl adjacent to an activating group) is 1. The maximum atomic E-state index is 12.1. The monoisotopic (exact) mass is 615 g/mol. The maximum absolute atomic E-state index is 12.1. The molecular formula is C25H26IN7O4. The molecule has 1 aliphatic rings. The van der Waals surface area contributed by atoms with E-state index >= 15 is 0 Å². The van der Waals surface area contributed by atoms with Gasteiger partial charge < -0.3 is 30.9 Å². The fraction of sp³-hybridized carbons (Fsp3) is 0.280. The van der Waals surface area contributed by atoms with Crippen molar-refractivity contribution in [1.29, 1.82) is 0 Å². The van der Waals surface area contributed by atoms with Crippen molar-refractivity contribution in [2.45, 2.75) is 37.6 Å². The van der Waals surface area contributed by atoms with Crippen LogP contribution in [0.25, 0.3) is 11.2 Å². The van der Waals surface area contributed by atoms with Gasteiger partial charge in [0.25, 0.3) is 5.91 Å². The predicted octanol–water partition coefficient (Wildman–Crippen LogP) is 1.95. The molecule has 0 aliphatic carbocycles. The highest BCUT2D eigenvalue weighted by Crippen LogP contribution is 2.32. The van der Waals surface area contributed by atoms with Crippen LogP contribution in [0.2, 0.25) is 0 Å². The van der Waals surface area contributed by atoms with Crippen molar-refractivity contribution >= 4 is 45.5 Å². The van der Waals surface area contributed by atoms with Crippen LogP contribution in [0.1, 0.15) is 17.4 Å². The summed E-state index contributed by atoms with van der Waals surface area (Å²) >= 11 is 2.27. The predicted molar refractivity (Wildman–Crippen MR) is 145 cm³/mol. The molecule has 37 heavy (non-hydrogen) atoms. The highest BCUT2D eigenvalue weighted by Gasteiger charge is 2.46. The zero-order valence-corrected chi connectivity index (χ0v) is 22.1. The number of nitrogens with two attached hydrogens (primary N) is 1. The van der Waals surface area contributed by atoms with Gasteiger partial charge >= 0.3 is 0 Å². The van der Waals surface area contributed by atoms with E-state index in [1.165, 1.54) is 19.7 Å². The second-order valence-corrected chi connectivity index (χ2v) is 9.80. The van der Waals surface area contributed by atoms with Crippen LogP contribution in [0.5, 0.6) is 5.75 Å². The van der Waals surface area contributed by atoms with Crippen LogP contribution in [0.3, 0.4) is 0 Å². The number of ether oxygens (including phenoxy) is 2. The summed E-state index contributed by atoms with van der Waals surface area (Å²) in [5, 5.41) is 16.5. The minimum atomic E-state index is -1.12. The molecule has 1 saturated heterocycles. The molecule has 11 nitrogen and oxygen atoms in total. The van der Waals surface area contributed by atoms with Gasteiger partial charge in [0.2, 0.25) is 0 Å². The molecule has 5 N–H and O–H groups in total. The number of carbonyl (C=O) groups excluding carboxylic acids is 1. The standard InChI is InChI=1S/C25H26IN7O4/c1-28-24(35)21-18(27)20(34)25(37-21)33-13-32-19-22(30-12-31-23(19)33)29-10-15-9-16(26)7-8-17(15)36-11-14-5-3-2-4-6-14/h2-9,12-13,18,20-21,25,34H,10-11,27H2,1H3,(H,28,35)(H,29,30,31)/t18-,20+,21-,25+/m0/s1. The Kier molecular flexibility index (Phi) is 7.50. The molecule has 192 valence electrons. The van der Waals surface area contributed by atoms with Crippen molar-refractivity contribution in [3.63, 3.8) is 0 Å². The van der Waals surface area contributed by atoms with Crippen molar-refractivity contribution in [2.75, 3.05) is 12.4 Å². The van der Waals surface area contributed by atoms with E-state index in [1.54, 1.807) is 4.57 Å². The number of imidazole rings is 1. The quantitative estimate of drug-likeness (QED) is 0.218. The van der Waals surface area contributed by atoms with Crippen LogP contribution in [-0.4, -0.2) is 55.8 Å². The molecular weight excluding hydrogens is 589 g/mol. The normalized spacial score (nSPS) is 21.2. The minimum Gasteiger partial charge on any atom is -0.489 e. The van der Waals surface area contributed by atoms with Crippen LogP contribution in [-0.2, 0) is 22.7 Å². The first-order valence-electron chi connectivity index (χ1n) is 11.6. The fourth-order valence-corrected chi connectivity index (χ4v) is 4.76. The first-order valence-corrected chi connectivity index (χ1v) is 12.7. The van der Waals surface area contributed by atoms with Gasteiger partial charge in [0.15, 0.2) is 29.3 Å². The van der Waals surface area contributed by atoms with Crippen LogP contribution >= 0.6 is 22.6 Å². The van der Waals surface area contributed by atoms with E-state index in [9.17, 15) is 9.90 Å². The van der Waals surface area contributed by atoms with Crippen molar-refractivity contribution in [3.05, 3.63) is 75.9 Å². The topological polar surface area (TPSA) is 149 Å². The Morgan fingerprint density at radius 2 is 2.03 bits per heavy atom. The van der Waals surface area contributed by atoms with Crippen molar-refractivity contribution in [2.24, 2.45) is 5.73 Å². The summed E-state index contributed by atoms with van der Waals surface area (Å²) in [5.41, 5.74) is 9.02. The lowest BCUT2D eigenvalue weighted by Gasteiger charge is -2.17. The summed E-state index contributed by atoms with van der Waals surface area (Å²) in [6, 6.07) is 15.1. The molecule has 0 saturated carbocycles.